The Labute approximate surface area is 138 Å². The molecular weight excluding hydrogens is 312 g/mol. The minimum atomic E-state index is -0.583. The zero-order valence-electron chi connectivity index (χ0n) is 13.0. The highest BCUT2D eigenvalue weighted by molar-refractivity contribution is 7.16. The molecule has 5 nitrogen and oxygen atoms in total. The minimum Gasteiger partial charge on any atom is -0.366 e. The SMILES string of the molecule is Cc1ccc(C(=O)CCC(=O)Nc2sc(C)cc2C(N)=O)cc1. The van der Waals surface area contributed by atoms with Gasteiger partial charge in [-0.2, -0.15) is 0 Å². The number of benzene rings is 1. The first-order valence-electron chi connectivity index (χ1n) is 7.17. The fourth-order valence-corrected chi connectivity index (χ4v) is 3.02. The highest BCUT2D eigenvalue weighted by Gasteiger charge is 2.15. The van der Waals surface area contributed by atoms with Crippen LogP contribution < -0.4 is 11.1 Å². The second kappa shape index (κ2) is 7.19. The molecule has 0 saturated carbocycles. The van der Waals surface area contributed by atoms with E-state index in [0.29, 0.717) is 16.1 Å². The second-order valence-corrected chi connectivity index (χ2v) is 6.56. The van der Waals surface area contributed by atoms with Crippen LogP contribution >= 0.6 is 11.3 Å². The van der Waals surface area contributed by atoms with Gasteiger partial charge in [0.25, 0.3) is 5.91 Å². The quantitative estimate of drug-likeness (QED) is 0.798. The Morgan fingerprint density at radius 2 is 1.74 bits per heavy atom. The molecule has 1 aromatic heterocycles. The Morgan fingerprint density at radius 3 is 2.35 bits per heavy atom. The van der Waals surface area contributed by atoms with Crippen LogP contribution in [0.3, 0.4) is 0 Å². The van der Waals surface area contributed by atoms with Crippen molar-refractivity contribution in [3.05, 3.63) is 51.9 Å². The normalized spacial score (nSPS) is 10.3. The van der Waals surface area contributed by atoms with Gasteiger partial charge in [0.1, 0.15) is 5.00 Å². The highest BCUT2D eigenvalue weighted by Crippen LogP contribution is 2.27. The van der Waals surface area contributed by atoms with Gasteiger partial charge >= 0.3 is 0 Å². The first-order valence-corrected chi connectivity index (χ1v) is 7.98. The van der Waals surface area contributed by atoms with Crippen molar-refractivity contribution in [1.82, 2.24) is 0 Å². The summed E-state index contributed by atoms with van der Waals surface area (Å²) in [6.07, 6.45) is 0.174. The fourth-order valence-electron chi connectivity index (χ4n) is 2.09. The lowest BCUT2D eigenvalue weighted by atomic mass is 10.1. The summed E-state index contributed by atoms with van der Waals surface area (Å²) >= 11 is 1.29. The van der Waals surface area contributed by atoms with Crippen molar-refractivity contribution in [3.8, 4) is 0 Å². The van der Waals surface area contributed by atoms with Gasteiger partial charge in [-0.15, -0.1) is 11.3 Å². The topological polar surface area (TPSA) is 89.3 Å². The summed E-state index contributed by atoms with van der Waals surface area (Å²) in [5.41, 5.74) is 7.24. The summed E-state index contributed by atoms with van der Waals surface area (Å²) in [5, 5.41) is 3.09. The number of nitrogens with two attached hydrogens (primary N) is 1. The number of anilines is 1. The van der Waals surface area contributed by atoms with Crippen molar-refractivity contribution in [2.75, 3.05) is 5.32 Å². The van der Waals surface area contributed by atoms with E-state index in [1.165, 1.54) is 11.3 Å². The molecule has 120 valence electrons. The van der Waals surface area contributed by atoms with Crippen LogP contribution in [0.1, 0.15) is 44.0 Å². The van der Waals surface area contributed by atoms with E-state index in [1.54, 1.807) is 18.2 Å². The Hall–Kier alpha value is -2.47. The molecule has 2 rings (SSSR count). The Balaban J connectivity index is 1.94. The van der Waals surface area contributed by atoms with E-state index in [2.05, 4.69) is 5.32 Å². The zero-order valence-corrected chi connectivity index (χ0v) is 13.8. The Kier molecular flexibility index (Phi) is 5.28. The first-order chi connectivity index (χ1) is 10.9. The number of primary amides is 1. The minimum absolute atomic E-state index is 0.0574. The highest BCUT2D eigenvalue weighted by atomic mass is 32.1. The first kappa shape index (κ1) is 16.9. The molecular formula is C17H18N2O3S. The number of aryl methyl sites for hydroxylation is 2. The predicted molar refractivity (Wildman–Crippen MR) is 90.9 cm³/mol. The van der Waals surface area contributed by atoms with Crippen LogP contribution in [-0.4, -0.2) is 17.6 Å². The predicted octanol–water partition coefficient (Wildman–Crippen LogP) is 3.07. The third kappa shape index (κ3) is 4.50. The fraction of sp³-hybridized carbons (Fsp3) is 0.235. The van der Waals surface area contributed by atoms with E-state index in [9.17, 15) is 14.4 Å². The maximum absolute atomic E-state index is 12.0. The molecule has 2 amide bonds. The third-order valence-electron chi connectivity index (χ3n) is 3.33. The van der Waals surface area contributed by atoms with Gasteiger partial charge in [0, 0.05) is 23.3 Å². The van der Waals surface area contributed by atoms with E-state index >= 15 is 0 Å². The molecule has 0 spiro atoms. The van der Waals surface area contributed by atoms with E-state index in [1.807, 2.05) is 26.0 Å². The zero-order chi connectivity index (χ0) is 17.0. The number of amides is 2. The van der Waals surface area contributed by atoms with Gasteiger partial charge < -0.3 is 11.1 Å². The summed E-state index contributed by atoms with van der Waals surface area (Å²) in [4.78, 5) is 36.2. The van der Waals surface area contributed by atoms with Crippen molar-refractivity contribution in [3.63, 3.8) is 0 Å². The van der Waals surface area contributed by atoms with Crippen LogP contribution in [0.25, 0.3) is 0 Å². The van der Waals surface area contributed by atoms with E-state index < -0.39 is 5.91 Å². The summed E-state index contributed by atoms with van der Waals surface area (Å²) in [6.45, 7) is 3.77. The molecule has 1 heterocycles. The lowest BCUT2D eigenvalue weighted by molar-refractivity contribution is -0.116. The van der Waals surface area contributed by atoms with Crippen molar-refractivity contribution in [1.29, 1.82) is 0 Å². The number of rotatable bonds is 6. The molecule has 0 atom stereocenters. The van der Waals surface area contributed by atoms with Crippen molar-refractivity contribution in [2.45, 2.75) is 26.7 Å². The van der Waals surface area contributed by atoms with Gasteiger partial charge in [0.05, 0.1) is 5.56 Å². The maximum atomic E-state index is 12.0. The Morgan fingerprint density at radius 1 is 1.09 bits per heavy atom. The summed E-state index contributed by atoms with van der Waals surface area (Å²) in [6, 6.07) is 8.87. The molecule has 0 fully saturated rings. The molecule has 6 heteroatoms. The molecule has 0 aliphatic heterocycles. The molecule has 0 unspecified atom stereocenters. The van der Waals surface area contributed by atoms with Gasteiger partial charge in [-0.05, 0) is 19.9 Å². The van der Waals surface area contributed by atoms with Gasteiger partial charge in [0.15, 0.2) is 5.78 Å². The second-order valence-electron chi connectivity index (χ2n) is 5.30. The van der Waals surface area contributed by atoms with Crippen LogP contribution in [0, 0.1) is 13.8 Å². The van der Waals surface area contributed by atoms with Gasteiger partial charge in [-0.1, -0.05) is 29.8 Å². The van der Waals surface area contributed by atoms with Gasteiger partial charge in [-0.3, -0.25) is 14.4 Å². The monoisotopic (exact) mass is 330 g/mol. The number of Topliss-reactive ketones (excluding diaryl/α,β-unsaturated/α-hetero) is 1. The number of hydrogen-bond acceptors (Lipinski definition) is 4. The van der Waals surface area contributed by atoms with Crippen LogP contribution in [0.2, 0.25) is 0 Å². The lowest BCUT2D eigenvalue weighted by Gasteiger charge is -2.05. The molecule has 0 aliphatic carbocycles. The molecule has 3 N–H and O–H groups in total. The molecule has 2 aromatic rings. The lowest BCUT2D eigenvalue weighted by Crippen LogP contribution is -2.17. The molecule has 23 heavy (non-hydrogen) atoms. The summed E-state index contributed by atoms with van der Waals surface area (Å²) in [5.74, 6) is -0.979. The summed E-state index contributed by atoms with van der Waals surface area (Å²) in [7, 11) is 0. The third-order valence-corrected chi connectivity index (χ3v) is 4.29. The largest absolute Gasteiger partial charge is 0.366 e. The van der Waals surface area contributed by atoms with Gasteiger partial charge in [-0.25, -0.2) is 0 Å². The summed E-state index contributed by atoms with van der Waals surface area (Å²) < 4.78 is 0. The number of ketones is 1. The van der Waals surface area contributed by atoms with E-state index in [-0.39, 0.29) is 24.5 Å². The molecule has 0 radical (unpaired) electrons. The number of thiophene rings is 1. The molecule has 0 saturated heterocycles. The number of carbonyl (C=O) groups is 3. The average Bonchev–Trinajstić information content (AvgIpc) is 2.86. The average molecular weight is 330 g/mol. The smallest absolute Gasteiger partial charge is 0.251 e. The number of hydrogen-bond donors (Lipinski definition) is 2. The van der Waals surface area contributed by atoms with E-state index in [0.717, 1.165) is 10.4 Å². The van der Waals surface area contributed by atoms with Crippen LogP contribution in [0.4, 0.5) is 5.00 Å². The number of carbonyl (C=O) groups excluding carboxylic acids is 3. The standard InChI is InChI=1S/C17H18N2O3S/c1-10-3-5-12(6-4-10)14(20)7-8-15(21)19-17-13(16(18)22)9-11(2)23-17/h3-6,9H,7-8H2,1-2H3,(H2,18,22)(H,19,21). The van der Waals surface area contributed by atoms with Crippen LogP contribution in [-0.2, 0) is 4.79 Å². The molecule has 1 aromatic carbocycles. The van der Waals surface area contributed by atoms with Gasteiger partial charge in [0.2, 0.25) is 5.91 Å². The van der Waals surface area contributed by atoms with Crippen molar-refractivity contribution >= 4 is 33.9 Å². The van der Waals surface area contributed by atoms with E-state index in [4.69, 9.17) is 5.73 Å². The molecule has 0 bridgehead atoms. The Bertz CT molecular complexity index is 748. The van der Waals surface area contributed by atoms with Crippen molar-refractivity contribution < 1.29 is 14.4 Å². The molecule has 0 aliphatic rings. The van der Waals surface area contributed by atoms with Crippen LogP contribution in [0.5, 0.6) is 0 Å². The van der Waals surface area contributed by atoms with Crippen molar-refractivity contribution in [2.24, 2.45) is 5.73 Å². The maximum Gasteiger partial charge on any atom is 0.251 e. The number of nitrogens with one attached hydrogen (secondary N) is 1. The van der Waals surface area contributed by atoms with Crippen LogP contribution in [0.15, 0.2) is 30.3 Å².